The van der Waals surface area contributed by atoms with Crippen LogP contribution in [0.4, 0.5) is 5.95 Å². The molecule has 0 fully saturated rings. The molecule has 0 saturated carbocycles. The highest BCUT2D eigenvalue weighted by Crippen LogP contribution is 2.32. The average Bonchev–Trinajstić information content (AvgIpc) is 3.07. The van der Waals surface area contributed by atoms with E-state index in [9.17, 15) is 4.79 Å². The van der Waals surface area contributed by atoms with Crippen molar-refractivity contribution in [3.8, 4) is 11.3 Å². The molecule has 7 heteroatoms. The maximum atomic E-state index is 9.18. The van der Waals surface area contributed by atoms with E-state index in [0.29, 0.717) is 19.0 Å². The molecular weight excluding hydrogens is 306 g/mol. The van der Waals surface area contributed by atoms with E-state index < -0.39 is 0 Å². The predicted molar refractivity (Wildman–Crippen MR) is 87.6 cm³/mol. The van der Waals surface area contributed by atoms with Gasteiger partial charge < -0.3 is 10.5 Å². The van der Waals surface area contributed by atoms with Crippen molar-refractivity contribution in [2.75, 3.05) is 12.3 Å². The molecule has 3 heterocycles. The van der Waals surface area contributed by atoms with Crippen LogP contribution in [0.2, 0.25) is 0 Å². The number of carbonyl (C=O) groups is 1. The van der Waals surface area contributed by atoms with Crippen LogP contribution in [0.5, 0.6) is 0 Å². The van der Waals surface area contributed by atoms with Gasteiger partial charge >= 0.3 is 0 Å². The van der Waals surface area contributed by atoms with Crippen LogP contribution in [-0.2, 0) is 9.53 Å². The van der Waals surface area contributed by atoms with Crippen molar-refractivity contribution >= 4 is 45.3 Å². The number of nitrogen functional groups attached to an aromatic ring is 1. The molecule has 0 unspecified atom stereocenters. The molecule has 0 amide bonds. The summed E-state index contributed by atoms with van der Waals surface area (Å²) in [5.74, 6) is 0.343. The molecule has 0 spiro atoms. The SMILES string of the molecule is CCOC=O.Cc1cc2c(-c3ccsc3)nc(N)nc2s1. The Morgan fingerprint density at radius 1 is 1.43 bits per heavy atom. The van der Waals surface area contributed by atoms with Crippen molar-refractivity contribution in [1.82, 2.24) is 9.97 Å². The Hall–Kier alpha value is -1.99. The van der Waals surface area contributed by atoms with E-state index >= 15 is 0 Å². The largest absolute Gasteiger partial charge is 0.468 e. The summed E-state index contributed by atoms with van der Waals surface area (Å²) in [7, 11) is 0. The van der Waals surface area contributed by atoms with E-state index in [1.165, 1.54) is 4.88 Å². The highest BCUT2D eigenvalue weighted by Gasteiger charge is 2.11. The number of carbonyl (C=O) groups excluding carboxylic acids is 1. The van der Waals surface area contributed by atoms with Crippen molar-refractivity contribution in [3.05, 3.63) is 27.8 Å². The van der Waals surface area contributed by atoms with Gasteiger partial charge in [0.1, 0.15) is 4.83 Å². The molecule has 0 bridgehead atoms. The van der Waals surface area contributed by atoms with Gasteiger partial charge in [-0.1, -0.05) is 0 Å². The maximum absolute atomic E-state index is 9.18. The van der Waals surface area contributed by atoms with Crippen LogP contribution in [0, 0.1) is 6.92 Å². The first kappa shape index (κ1) is 15.4. The van der Waals surface area contributed by atoms with Crippen LogP contribution in [-0.4, -0.2) is 23.0 Å². The number of aryl methyl sites for hydroxylation is 1. The lowest BCUT2D eigenvalue weighted by molar-refractivity contribution is -0.128. The fourth-order valence-corrected chi connectivity index (χ4v) is 3.27. The Kier molecular flexibility index (Phi) is 5.24. The van der Waals surface area contributed by atoms with E-state index in [2.05, 4.69) is 39.1 Å². The number of nitrogens with two attached hydrogens (primary N) is 1. The van der Waals surface area contributed by atoms with Gasteiger partial charge in [-0.05, 0) is 31.4 Å². The van der Waals surface area contributed by atoms with Gasteiger partial charge in [0, 0.05) is 21.2 Å². The smallest absolute Gasteiger partial charge is 0.293 e. The van der Waals surface area contributed by atoms with Gasteiger partial charge in [0.15, 0.2) is 0 Å². The Balaban J connectivity index is 0.000000282. The zero-order valence-electron chi connectivity index (χ0n) is 11.7. The van der Waals surface area contributed by atoms with Gasteiger partial charge in [0.25, 0.3) is 6.47 Å². The van der Waals surface area contributed by atoms with Crippen LogP contribution in [0.3, 0.4) is 0 Å². The summed E-state index contributed by atoms with van der Waals surface area (Å²) < 4.78 is 4.15. The van der Waals surface area contributed by atoms with Gasteiger partial charge in [-0.25, -0.2) is 9.97 Å². The zero-order valence-corrected chi connectivity index (χ0v) is 13.3. The Labute approximate surface area is 130 Å². The van der Waals surface area contributed by atoms with Crippen LogP contribution >= 0.6 is 22.7 Å². The minimum Gasteiger partial charge on any atom is -0.468 e. The Morgan fingerprint density at radius 2 is 2.24 bits per heavy atom. The highest BCUT2D eigenvalue weighted by molar-refractivity contribution is 7.18. The summed E-state index contributed by atoms with van der Waals surface area (Å²) in [5, 5.41) is 5.21. The number of thiophene rings is 2. The summed E-state index contributed by atoms with van der Waals surface area (Å²) in [4.78, 5) is 20.0. The number of hydrogen-bond acceptors (Lipinski definition) is 7. The van der Waals surface area contributed by atoms with Crippen LogP contribution in [0.1, 0.15) is 11.8 Å². The zero-order chi connectivity index (χ0) is 15.2. The van der Waals surface area contributed by atoms with Crippen molar-refractivity contribution in [1.29, 1.82) is 0 Å². The average molecular weight is 321 g/mol. The van der Waals surface area contributed by atoms with Crippen molar-refractivity contribution in [2.45, 2.75) is 13.8 Å². The van der Waals surface area contributed by atoms with Crippen LogP contribution in [0.15, 0.2) is 22.9 Å². The third-order valence-corrected chi connectivity index (χ3v) is 4.19. The number of anilines is 1. The minimum absolute atomic E-state index is 0.343. The third kappa shape index (κ3) is 3.77. The number of hydrogen-bond donors (Lipinski definition) is 1. The molecule has 3 rings (SSSR count). The van der Waals surface area contributed by atoms with Gasteiger partial charge in [-0.15, -0.1) is 11.3 Å². The normalized spacial score (nSPS) is 10.0. The van der Waals surface area contributed by atoms with Crippen molar-refractivity contribution < 1.29 is 9.53 Å². The van der Waals surface area contributed by atoms with E-state index in [0.717, 1.165) is 21.5 Å². The molecule has 0 aliphatic heterocycles. The first-order valence-corrected chi connectivity index (χ1v) is 8.03. The topological polar surface area (TPSA) is 78.1 Å². The monoisotopic (exact) mass is 321 g/mol. The second-order valence-electron chi connectivity index (χ2n) is 4.07. The maximum Gasteiger partial charge on any atom is 0.293 e. The van der Waals surface area contributed by atoms with Crippen LogP contribution < -0.4 is 5.73 Å². The molecule has 2 N–H and O–H groups in total. The fourth-order valence-electron chi connectivity index (χ4n) is 1.75. The van der Waals surface area contributed by atoms with Crippen molar-refractivity contribution in [3.63, 3.8) is 0 Å². The van der Waals surface area contributed by atoms with Gasteiger partial charge in [-0.2, -0.15) is 11.3 Å². The molecule has 0 aromatic carbocycles. The first-order valence-electron chi connectivity index (χ1n) is 6.27. The summed E-state index contributed by atoms with van der Waals surface area (Å²) in [6.07, 6.45) is 0. The lowest BCUT2D eigenvalue weighted by Crippen LogP contribution is -1.95. The molecule has 0 aliphatic rings. The number of rotatable bonds is 3. The Bertz CT molecular complexity index is 723. The fraction of sp³-hybridized carbons (Fsp3) is 0.214. The molecule has 0 atom stereocenters. The standard InChI is InChI=1S/C11H9N3S2.C3H6O2/c1-6-4-8-9(7-2-3-15-5-7)13-11(12)14-10(8)16-6;1-2-5-3-4/h2-5H,1H3,(H2,12,13,14);3H,2H2,1H3. The predicted octanol–water partition coefficient (Wildman–Crippen LogP) is 3.49. The third-order valence-electron chi connectivity index (χ3n) is 2.56. The molecule has 0 saturated heterocycles. The molecule has 0 aliphatic carbocycles. The summed E-state index contributed by atoms with van der Waals surface area (Å²) in [6.45, 7) is 4.73. The minimum atomic E-state index is 0.343. The van der Waals surface area contributed by atoms with E-state index in [-0.39, 0.29) is 0 Å². The number of aromatic nitrogens is 2. The lowest BCUT2D eigenvalue weighted by Gasteiger charge is -2.00. The molecule has 3 aromatic rings. The van der Waals surface area contributed by atoms with Gasteiger partial charge in [0.2, 0.25) is 5.95 Å². The van der Waals surface area contributed by atoms with E-state index in [1.54, 1.807) is 29.6 Å². The molecule has 3 aromatic heterocycles. The summed E-state index contributed by atoms with van der Waals surface area (Å²) >= 11 is 3.31. The number of fused-ring (bicyclic) bond motifs is 1. The van der Waals surface area contributed by atoms with Crippen LogP contribution in [0.25, 0.3) is 21.5 Å². The molecule has 0 radical (unpaired) electrons. The summed E-state index contributed by atoms with van der Waals surface area (Å²) in [6, 6.07) is 4.17. The molecule has 5 nitrogen and oxygen atoms in total. The summed E-state index contributed by atoms with van der Waals surface area (Å²) in [5.41, 5.74) is 7.78. The van der Waals surface area contributed by atoms with E-state index in [1.807, 2.05) is 5.38 Å². The van der Waals surface area contributed by atoms with Crippen molar-refractivity contribution in [2.24, 2.45) is 0 Å². The number of nitrogens with zero attached hydrogens (tertiary/aromatic N) is 2. The lowest BCUT2D eigenvalue weighted by atomic mass is 10.2. The number of ether oxygens (including phenoxy) is 1. The quantitative estimate of drug-likeness (QED) is 0.747. The molecule has 110 valence electrons. The first-order chi connectivity index (χ1) is 10.2. The highest BCUT2D eigenvalue weighted by atomic mass is 32.1. The Morgan fingerprint density at radius 3 is 2.81 bits per heavy atom. The molecular formula is C14H15N3O2S2. The molecule has 21 heavy (non-hydrogen) atoms. The second-order valence-corrected chi connectivity index (χ2v) is 6.08. The second kappa shape index (κ2) is 7.14. The van der Waals surface area contributed by atoms with Gasteiger partial charge in [-0.3, -0.25) is 4.79 Å². The van der Waals surface area contributed by atoms with E-state index in [4.69, 9.17) is 5.73 Å². The van der Waals surface area contributed by atoms with Gasteiger partial charge in [0.05, 0.1) is 12.3 Å².